The summed E-state index contributed by atoms with van der Waals surface area (Å²) in [6.45, 7) is 5.87. The fourth-order valence-corrected chi connectivity index (χ4v) is 3.48. The number of carbonyl (C=O) groups is 1. The average molecular weight is 321 g/mol. The topological polar surface area (TPSA) is 60.2 Å². The van der Waals surface area contributed by atoms with Crippen LogP contribution in [0.15, 0.2) is 23.0 Å². The number of amides is 1. The smallest absolute Gasteiger partial charge is 0.236 e. The van der Waals surface area contributed by atoms with E-state index in [0.29, 0.717) is 19.6 Å². The molecule has 0 aromatic carbocycles. The number of rotatable bonds is 4. The molecule has 1 aromatic rings. The van der Waals surface area contributed by atoms with Gasteiger partial charge < -0.3 is 14.4 Å². The van der Waals surface area contributed by atoms with Gasteiger partial charge in [-0.25, -0.2) is 0 Å². The molecule has 1 amide bonds. The van der Waals surface area contributed by atoms with Gasteiger partial charge in [0.25, 0.3) is 0 Å². The molecular formula is C17H27N3O3. The van der Waals surface area contributed by atoms with Crippen LogP contribution in [-0.2, 0) is 11.3 Å². The zero-order chi connectivity index (χ0) is 16.1. The van der Waals surface area contributed by atoms with E-state index >= 15 is 0 Å². The highest BCUT2D eigenvalue weighted by atomic mass is 16.3. The molecule has 128 valence electrons. The Morgan fingerprint density at radius 2 is 1.87 bits per heavy atom. The Balaban J connectivity index is 1.50. The molecule has 0 radical (unpaired) electrons. The van der Waals surface area contributed by atoms with Gasteiger partial charge >= 0.3 is 0 Å². The summed E-state index contributed by atoms with van der Waals surface area (Å²) in [6, 6.07) is 1.95. The minimum Gasteiger partial charge on any atom is -0.472 e. The van der Waals surface area contributed by atoms with Gasteiger partial charge in [-0.3, -0.25) is 14.6 Å². The Kier molecular flexibility index (Phi) is 5.70. The standard InChI is InChI=1S/C17H27N3O3/c21-16-11-18(10-15-4-9-23-14-15)7-8-19(12-16)13-17(22)20-5-2-1-3-6-20/h4,9,14,16,21H,1-3,5-8,10-13H2/t16-/m0/s1. The summed E-state index contributed by atoms with van der Waals surface area (Å²) in [5.74, 6) is 0.209. The van der Waals surface area contributed by atoms with E-state index in [4.69, 9.17) is 4.42 Å². The number of aliphatic hydroxyl groups is 1. The van der Waals surface area contributed by atoms with Gasteiger partial charge in [-0.05, 0) is 25.3 Å². The number of aliphatic hydroxyl groups excluding tert-OH is 1. The van der Waals surface area contributed by atoms with E-state index in [9.17, 15) is 9.90 Å². The maximum absolute atomic E-state index is 12.4. The van der Waals surface area contributed by atoms with E-state index in [1.165, 1.54) is 6.42 Å². The van der Waals surface area contributed by atoms with Gasteiger partial charge in [-0.2, -0.15) is 0 Å². The van der Waals surface area contributed by atoms with Crippen molar-refractivity contribution in [3.05, 3.63) is 24.2 Å². The number of likely N-dealkylation sites (tertiary alicyclic amines) is 1. The highest BCUT2D eigenvalue weighted by Crippen LogP contribution is 2.12. The number of hydrogen-bond acceptors (Lipinski definition) is 5. The molecule has 3 rings (SSSR count). The number of nitrogens with zero attached hydrogens (tertiary/aromatic N) is 3. The predicted octanol–water partition coefficient (Wildman–Crippen LogP) is 0.771. The average Bonchev–Trinajstić information content (AvgIpc) is 2.99. The zero-order valence-electron chi connectivity index (χ0n) is 13.7. The van der Waals surface area contributed by atoms with Crippen molar-refractivity contribution >= 4 is 5.91 Å². The Hall–Kier alpha value is -1.37. The lowest BCUT2D eigenvalue weighted by atomic mass is 10.1. The molecule has 0 bridgehead atoms. The van der Waals surface area contributed by atoms with Crippen LogP contribution in [0.4, 0.5) is 0 Å². The lowest BCUT2D eigenvalue weighted by molar-refractivity contribution is -0.133. The molecule has 23 heavy (non-hydrogen) atoms. The highest BCUT2D eigenvalue weighted by Gasteiger charge is 2.25. The molecular weight excluding hydrogens is 294 g/mol. The summed E-state index contributed by atoms with van der Waals surface area (Å²) in [6.07, 6.45) is 6.47. The minimum absolute atomic E-state index is 0.209. The van der Waals surface area contributed by atoms with Crippen molar-refractivity contribution in [1.82, 2.24) is 14.7 Å². The molecule has 0 unspecified atom stereocenters. The van der Waals surface area contributed by atoms with Crippen LogP contribution in [-0.4, -0.2) is 77.6 Å². The van der Waals surface area contributed by atoms with Crippen LogP contribution in [0, 0.1) is 0 Å². The summed E-state index contributed by atoms with van der Waals surface area (Å²) >= 11 is 0. The summed E-state index contributed by atoms with van der Waals surface area (Å²) in [7, 11) is 0. The van der Waals surface area contributed by atoms with E-state index in [0.717, 1.165) is 51.1 Å². The molecule has 2 fully saturated rings. The third-order valence-corrected chi connectivity index (χ3v) is 4.72. The normalized spacial score (nSPS) is 24.6. The second-order valence-corrected chi connectivity index (χ2v) is 6.70. The first-order chi connectivity index (χ1) is 11.2. The first-order valence-corrected chi connectivity index (χ1v) is 8.62. The molecule has 0 saturated carbocycles. The Morgan fingerprint density at radius 1 is 1.13 bits per heavy atom. The number of carbonyl (C=O) groups excluding carboxylic acids is 1. The lowest BCUT2D eigenvalue weighted by Crippen LogP contribution is -2.44. The molecule has 3 heterocycles. The number of β-amino-alcohol motifs (C(OH)–C–C–N with tert-alkyl or cyclic N) is 1. The van der Waals surface area contributed by atoms with Gasteiger partial charge in [0.2, 0.25) is 5.91 Å². The molecule has 6 heteroatoms. The summed E-state index contributed by atoms with van der Waals surface area (Å²) in [4.78, 5) is 18.7. The van der Waals surface area contributed by atoms with Crippen LogP contribution in [0.3, 0.4) is 0 Å². The van der Waals surface area contributed by atoms with E-state index in [1.54, 1.807) is 12.5 Å². The van der Waals surface area contributed by atoms with Crippen molar-refractivity contribution in [3.8, 4) is 0 Å². The molecule has 1 aromatic heterocycles. The van der Waals surface area contributed by atoms with Crippen LogP contribution >= 0.6 is 0 Å². The largest absolute Gasteiger partial charge is 0.472 e. The maximum atomic E-state index is 12.4. The SMILES string of the molecule is O=C(CN1CCN(Cc2ccoc2)C[C@H](O)C1)N1CCCCC1. The first kappa shape index (κ1) is 16.5. The van der Waals surface area contributed by atoms with E-state index in [2.05, 4.69) is 9.80 Å². The maximum Gasteiger partial charge on any atom is 0.236 e. The number of piperidine rings is 1. The summed E-state index contributed by atoms with van der Waals surface area (Å²) in [5.41, 5.74) is 1.12. The Labute approximate surface area is 137 Å². The predicted molar refractivity (Wildman–Crippen MR) is 86.9 cm³/mol. The van der Waals surface area contributed by atoms with Crippen molar-refractivity contribution in [2.24, 2.45) is 0 Å². The zero-order valence-corrected chi connectivity index (χ0v) is 13.7. The second-order valence-electron chi connectivity index (χ2n) is 6.70. The van der Waals surface area contributed by atoms with E-state index in [-0.39, 0.29) is 5.91 Å². The van der Waals surface area contributed by atoms with Crippen LogP contribution in [0.2, 0.25) is 0 Å². The van der Waals surface area contributed by atoms with Gasteiger partial charge in [0.15, 0.2) is 0 Å². The molecule has 2 aliphatic heterocycles. The Morgan fingerprint density at radius 3 is 2.61 bits per heavy atom. The molecule has 2 aliphatic rings. The second kappa shape index (κ2) is 7.95. The van der Waals surface area contributed by atoms with Crippen molar-refractivity contribution in [2.75, 3.05) is 45.8 Å². The van der Waals surface area contributed by atoms with Gasteiger partial charge in [0.05, 0.1) is 25.2 Å². The molecule has 0 aliphatic carbocycles. The molecule has 2 saturated heterocycles. The van der Waals surface area contributed by atoms with Gasteiger partial charge in [-0.1, -0.05) is 0 Å². The van der Waals surface area contributed by atoms with Crippen LogP contribution in [0.1, 0.15) is 24.8 Å². The van der Waals surface area contributed by atoms with Gasteiger partial charge in [0.1, 0.15) is 0 Å². The lowest BCUT2D eigenvalue weighted by Gasteiger charge is -2.29. The third kappa shape index (κ3) is 4.80. The fraction of sp³-hybridized carbons (Fsp3) is 0.706. The van der Waals surface area contributed by atoms with E-state index < -0.39 is 6.10 Å². The fourth-order valence-electron chi connectivity index (χ4n) is 3.48. The summed E-state index contributed by atoms with van der Waals surface area (Å²) in [5, 5.41) is 10.3. The van der Waals surface area contributed by atoms with Crippen LogP contribution < -0.4 is 0 Å². The monoisotopic (exact) mass is 321 g/mol. The number of hydrogen-bond donors (Lipinski definition) is 1. The molecule has 6 nitrogen and oxygen atoms in total. The number of furan rings is 1. The highest BCUT2D eigenvalue weighted by molar-refractivity contribution is 5.78. The van der Waals surface area contributed by atoms with Gasteiger partial charge in [-0.15, -0.1) is 0 Å². The third-order valence-electron chi connectivity index (χ3n) is 4.72. The van der Waals surface area contributed by atoms with Crippen molar-refractivity contribution < 1.29 is 14.3 Å². The first-order valence-electron chi connectivity index (χ1n) is 8.62. The molecule has 0 spiro atoms. The quantitative estimate of drug-likeness (QED) is 0.888. The molecule has 1 atom stereocenters. The summed E-state index contributed by atoms with van der Waals surface area (Å²) < 4.78 is 5.11. The van der Waals surface area contributed by atoms with Crippen LogP contribution in [0.5, 0.6) is 0 Å². The van der Waals surface area contributed by atoms with Crippen molar-refractivity contribution in [3.63, 3.8) is 0 Å². The van der Waals surface area contributed by atoms with Crippen LogP contribution in [0.25, 0.3) is 0 Å². The minimum atomic E-state index is -0.418. The van der Waals surface area contributed by atoms with E-state index in [1.807, 2.05) is 11.0 Å². The Bertz CT molecular complexity index is 485. The molecule has 1 N–H and O–H groups in total. The van der Waals surface area contributed by atoms with Crippen molar-refractivity contribution in [1.29, 1.82) is 0 Å². The van der Waals surface area contributed by atoms with Gasteiger partial charge in [0, 0.05) is 51.4 Å². The van der Waals surface area contributed by atoms with Crippen molar-refractivity contribution in [2.45, 2.75) is 31.9 Å².